The van der Waals surface area contributed by atoms with E-state index in [1.807, 2.05) is 12.1 Å². The van der Waals surface area contributed by atoms with E-state index in [1.54, 1.807) is 0 Å². The van der Waals surface area contributed by atoms with Crippen molar-refractivity contribution in [3.63, 3.8) is 0 Å². The number of rotatable bonds is 1. The van der Waals surface area contributed by atoms with Crippen molar-refractivity contribution in [2.24, 2.45) is 16.6 Å². The zero-order valence-corrected chi connectivity index (χ0v) is 14.0. The van der Waals surface area contributed by atoms with Gasteiger partial charge in [0.2, 0.25) is 0 Å². The van der Waals surface area contributed by atoms with Gasteiger partial charge in [-0.25, -0.2) is 0 Å². The molecule has 4 heterocycles. The summed E-state index contributed by atoms with van der Waals surface area (Å²) in [6, 6.07) is 6.13. The van der Waals surface area contributed by atoms with Gasteiger partial charge in [-0.1, -0.05) is 43.1 Å². The summed E-state index contributed by atoms with van der Waals surface area (Å²) in [7, 11) is 0. The predicted octanol–water partition coefficient (Wildman–Crippen LogP) is 2.98. The lowest BCUT2D eigenvalue weighted by atomic mass is 9.59. The highest BCUT2D eigenvalue weighted by atomic mass is 35.5. The third-order valence-electron chi connectivity index (χ3n) is 5.69. The first-order chi connectivity index (χ1) is 9.82. The maximum absolute atomic E-state index is 6.57. The topological polar surface area (TPSA) is 32.5 Å². The molecule has 114 valence electrons. The van der Waals surface area contributed by atoms with Crippen molar-refractivity contribution in [2.45, 2.75) is 26.1 Å². The Balaban J connectivity index is 1.75. The van der Waals surface area contributed by atoms with Gasteiger partial charge >= 0.3 is 0 Å². The summed E-state index contributed by atoms with van der Waals surface area (Å²) < 4.78 is 0. The molecule has 1 aromatic rings. The van der Waals surface area contributed by atoms with Crippen LogP contribution >= 0.6 is 23.2 Å². The highest BCUT2D eigenvalue weighted by Crippen LogP contribution is 2.54. The van der Waals surface area contributed by atoms with E-state index in [0.29, 0.717) is 5.02 Å². The fourth-order valence-electron chi connectivity index (χ4n) is 4.98. The minimum atomic E-state index is 0.181. The third kappa shape index (κ3) is 1.91. The van der Waals surface area contributed by atoms with Crippen molar-refractivity contribution in [3.05, 3.63) is 33.8 Å². The van der Waals surface area contributed by atoms with E-state index in [1.165, 1.54) is 5.56 Å². The lowest BCUT2D eigenvalue weighted by Crippen LogP contribution is -2.78. The van der Waals surface area contributed by atoms with E-state index in [2.05, 4.69) is 29.7 Å². The van der Waals surface area contributed by atoms with Crippen molar-refractivity contribution < 1.29 is 0 Å². The highest BCUT2D eigenvalue weighted by Gasteiger charge is 2.61. The van der Waals surface area contributed by atoms with Gasteiger partial charge in [0, 0.05) is 58.7 Å². The molecule has 4 aliphatic heterocycles. The Morgan fingerprint density at radius 1 is 1.05 bits per heavy atom. The second-order valence-electron chi connectivity index (χ2n) is 7.64. The van der Waals surface area contributed by atoms with Crippen LogP contribution in [0.15, 0.2) is 18.2 Å². The van der Waals surface area contributed by atoms with Gasteiger partial charge in [-0.05, 0) is 12.1 Å². The molecule has 0 radical (unpaired) electrons. The van der Waals surface area contributed by atoms with E-state index < -0.39 is 0 Å². The summed E-state index contributed by atoms with van der Waals surface area (Å²) in [4.78, 5) is 5.09. The molecule has 21 heavy (non-hydrogen) atoms. The fraction of sp³-hybridized carbons (Fsp3) is 0.625. The van der Waals surface area contributed by atoms with E-state index in [-0.39, 0.29) is 23.0 Å². The van der Waals surface area contributed by atoms with Gasteiger partial charge in [-0.2, -0.15) is 0 Å². The summed E-state index contributed by atoms with van der Waals surface area (Å²) in [5, 5.41) is 1.46. The van der Waals surface area contributed by atoms with Gasteiger partial charge in [-0.15, -0.1) is 0 Å². The van der Waals surface area contributed by atoms with Crippen LogP contribution in [0, 0.1) is 10.8 Å². The zero-order chi connectivity index (χ0) is 15.0. The van der Waals surface area contributed by atoms with Gasteiger partial charge in [0.1, 0.15) is 0 Å². The molecule has 0 aliphatic carbocycles. The molecule has 3 nitrogen and oxygen atoms in total. The summed E-state index contributed by atoms with van der Waals surface area (Å²) in [5.41, 5.74) is 8.10. The van der Waals surface area contributed by atoms with Crippen molar-refractivity contribution in [1.82, 2.24) is 9.80 Å². The molecule has 1 aromatic carbocycles. The molecule has 4 aliphatic rings. The Kier molecular flexibility index (Phi) is 2.97. The fourth-order valence-corrected chi connectivity index (χ4v) is 5.49. The molecule has 4 bridgehead atoms. The Morgan fingerprint density at radius 3 is 2.05 bits per heavy atom. The molecule has 0 saturated carbocycles. The molecule has 5 heteroatoms. The summed E-state index contributed by atoms with van der Waals surface area (Å²) >= 11 is 12.5. The Bertz CT molecular complexity index is 565. The summed E-state index contributed by atoms with van der Waals surface area (Å²) in [5.74, 6) is 0. The second kappa shape index (κ2) is 4.36. The third-order valence-corrected chi connectivity index (χ3v) is 6.25. The lowest BCUT2D eigenvalue weighted by Gasteiger charge is -2.68. The maximum Gasteiger partial charge on any atom is 0.0901 e. The molecule has 0 amide bonds. The molecule has 0 aromatic heterocycles. The van der Waals surface area contributed by atoms with Crippen LogP contribution < -0.4 is 5.73 Å². The van der Waals surface area contributed by atoms with Crippen molar-refractivity contribution in [1.29, 1.82) is 0 Å². The van der Waals surface area contributed by atoms with Crippen LogP contribution in [-0.2, 0) is 0 Å². The van der Waals surface area contributed by atoms with Crippen molar-refractivity contribution >= 4 is 23.2 Å². The van der Waals surface area contributed by atoms with Gasteiger partial charge < -0.3 is 5.73 Å². The molecular formula is C16H21Cl2N3. The lowest BCUT2D eigenvalue weighted by molar-refractivity contribution is -0.205. The van der Waals surface area contributed by atoms with Crippen LogP contribution in [-0.4, -0.2) is 42.0 Å². The molecule has 4 fully saturated rings. The number of hydrogen-bond donors (Lipinski definition) is 1. The average molecular weight is 326 g/mol. The second-order valence-corrected chi connectivity index (χ2v) is 8.48. The van der Waals surface area contributed by atoms with Gasteiger partial charge in [0.25, 0.3) is 0 Å². The van der Waals surface area contributed by atoms with Crippen LogP contribution in [0.3, 0.4) is 0 Å². The Morgan fingerprint density at radius 2 is 1.57 bits per heavy atom. The minimum absolute atomic E-state index is 0.181. The summed E-state index contributed by atoms with van der Waals surface area (Å²) in [6.45, 7) is 8.84. The van der Waals surface area contributed by atoms with E-state index in [9.17, 15) is 0 Å². The number of piperidine rings is 2. The molecule has 2 N–H and O–H groups in total. The Labute approximate surface area is 136 Å². The van der Waals surface area contributed by atoms with Crippen LogP contribution in [0.1, 0.15) is 25.6 Å². The highest BCUT2D eigenvalue weighted by molar-refractivity contribution is 6.35. The normalized spacial score (nSPS) is 47.9. The summed E-state index contributed by atoms with van der Waals surface area (Å²) in [6.07, 6.45) is 0.267. The standard InChI is InChI=1S/C16H21Cl2N3/c1-15-6-20-8-16(2,14(15)19)9-21(7-15)13(20)11-4-3-10(17)5-12(11)18/h3-5,13-14H,6-9,19H2,1-2H3. The van der Waals surface area contributed by atoms with Crippen LogP contribution in [0.25, 0.3) is 0 Å². The van der Waals surface area contributed by atoms with Gasteiger partial charge in [0.05, 0.1) is 6.17 Å². The number of benzene rings is 1. The van der Waals surface area contributed by atoms with E-state index in [4.69, 9.17) is 28.9 Å². The molecule has 5 rings (SSSR count). The first-order valence-corrected chi connectivity index (χ1v) is 8.27. The maximum atomic E-state index is 6.57. The number of nitrogens with two attached hydrogens (primary N) is 1. The van der Waals surface area contributed by atoms with Crippen LogP contribution in [0.5, 0.6) is 0 Å². The Hall–Kier alpha value is -0.320. The largest absolute Gasteiger partial charge is 0.327 e. The van der Waals surface area contributed by atoms with Crippen molar-refractivity contribution in [2.75, 3.05) is 26.2 Å². The zero-order valence-electron chi connectivity index (χ0n) is 12.4. The minimum Gasteiger partial charge on any atom is -0.327 e. The molecule has 4 saturated heterocycles. The van der Waals surface area contributed by atoms with E-state index >= 15 is 0 Å². The average Bonchev–Trinajstić information content (AvgIpc) is 2.36. The van der Waals surface area contributed by atoms with Crippen LogP contribution in [0.2, 0.25) is 10.0 Å². The van der Waals surface area contributed by atoms with E-state index in [0.717, 1.165) is 31.2 Å². The molecule has 0 unspecified atom stereocenters. The molecule has 0 spiro atoms. The van der Waals surface area contributed by atoms with Crippen molar-refractivity contribution in [3.8, 4) is 0 Å². The first kappa shape index (κ1) is 14.3. The van der Waals surface area contributed by atoms with Gasteiger partial charge in [-0.3, -0.25) is 9.80 Å². The quantitative estimate of drug-likeness (QED) is 0.861. The smallest absolute Gasteiger partial charge is 0.0901 e. The predicted molar refractivity (Wildman–Crippen MR) is 86.5 cm³/mol. The van der Waals surface area contributed by atoms with Crippen LogP contribution in [0.4, 0.5) is 0 Å². The monoisotopic (exact) mass is 325 g/mol. The molecular weight excluding hydrogens is 305 g/mol. The molecule has 0 atom stereocenters. The first-order valence-electron chi connectivity index (χ1n) is 7.51. The number of hydrogen-bond acceptors (Lipinski definition) is 3. The number of nitrogens with zero attached hydrogens (tertiary/aromatic N) is 2. The van der Waals surface area contributed by atoms with Gasteiger partial charge in [0.15, 0.2) is 0 Å². The SMILES string of the molecule is CC12CN3CC(C)(CN(C1)C3c1ccc(Cl)cc1Cl)C2N. The number of halogens is 2.